The van der Waals surface area contributed by atoms with Crippen molar-refractivity contribution in [1.29, 1.82) is 0 Å². The van der Waals surface area contributed by atoms with E-state index >= 15 is 0 Å². The molecule has 0 saturated heterocycles. The fraction of sp³-hybridized carbons (Fsp3) is 0.371. The minimum atomic E-state index is 1.12. The molecule has 1 heteroatoms. The summed E-state index contributed by atoms with van der Waals surface area (Å²) in [6.07, 6.45) is 18.4. The van der Waals surface area contributed by atoms with Gasteiger partial charge in [-0.2, -0.15) is 0 Å². The molecule has 0 saturated carbocycles. The van der Waals surface area contributed by atoms with E-state index in [1.165, 1.54) is 107 Å². The van der Waals surface area contributed by atoms with Gasteiger partial charge in [-0.15, -0.1) is 11.3 Å². The summed E-state index contributed by atoms with van der Waals surface area (Å²) < 4.78 is 1.49. The average Bonchev–Trinajstić information content (AvgIpc) is 3.49. The zero-order valence-corrected chi connectivity index (χ0v) is 22.6. The Kier molecular flexibility index (Phi) is 7.10. The van der Waals surface area contributed by atoms with E-state index in [0.717, 1.165) is 12.8 Å². The zero-order valence-electron chi connectivity index (χ0n) is 21.7. The van der Waals surface area contributed by atoms with Crippen molar-refractivity contribution in [3.63, 3.8) is 0 Å². The highest BCUT2D eigenvalue weighted by atomic mass is 32.1. The number of hydrogen-bond acceptors (Lipinski definition) is 1. The number of unbranched alkanes of at least 4 members (excludes halogenated alkanes) is 7. The van der Waals surface area contributed by atoms with Gasteiger partial charge >= 0.3 is 0 Å². The van der Waals surface area contributed by atoms with Crippen LogP contribution in [0, 0.1) is 0 Å². The first-order chi connectivity index (χ1) is 17.8. The lowest BCUT2D eigenvalue weighted by Gasteiger charge is -2.27. The number of hydrogen-bond donors (Lipinski definition) is 0. The molecule has 3 aromatic carbocycles. The molecule has 36 heavy (non-hydrogen) atoms. The SMILES string of the molecule is CCCCCCCCCCC1=Cc2ccc3c(c2C1)-c1ccc2cc(CCc4ccccc4)sc2c1-3. The van der Waals surface area contributed by atoms with Crippen molar-refractivity contribution in [1.82, 2.24) is 0 Å². The van der Waals surface area contributed by atoms with E-state index in [2.05, 4.69) is 73.7 Å². The van der Waals surface area contributed by atoms with Crippen LogP contribution >= 0.6 is 11.3 Å². The molecule has 0 bridgehead atoms. The monoisotopic (exact) mass is 490 g/mol. The van der Waals surface area contributed by atoms with Crippen LogP contribution in [0.4, 0.5) is 0 Å². The van der Waals surface area contributed by atoms with E-state index in [-0.39, 0.29) is 0 Å². The van der Waals surface area contributed by atoms with Gasteiger partial charge in [0.1, 0.15) is 0 Å². The molecule has 6 rings (SSSR count). The number of aryl methyl sites for hydroxylation is 2. The lowest BCUT2D eigenvalue weighted by Crippen LogP contribution is -2.03. The normalized spacial score (nSPS) is 13.3. The Morgan fingerprint density at radius 1 is 0.694 bits per heavy atom. The first kappa shape index (κ1) is 23.7. The summed E-state index contributed by atoms with van der Waals surface area (Å²) in [5, 5.41) is 1.42. The molecule has 0 nitrogen and oxygen atoms in total. The van der Waals surface area contributed by atoms with Crippen molar-refractivity contribution < 1.29 is 0 Å². The molecule has 2 aliphatic rings. The van der Waals surface area contributed by atoms with Crippen LogP contribution in [0.25, 0.3) is 38.4 Å². The summed E-state index contributed by atoms with van der Waals surface area (Å²) >= 11 is 2.01. The highest BCUT2D eigenvalue weighted by Crippen LogP contribution is 2.55. The summed E-state index contributed by atoms with van der Waals surface area (Å²) in [7, 11) is 0. The molecule has 0 N–H and O–H groups in total. The molecule has 4 aromatic rings. The fourth-order valence-corrected chi connectivity index (χ4v) is 7.47. The van der Waals surface area contributed by atoms with Crippen LogP contribution in [0.2, 0.25) is 0 Å². The van der Waals surface area contributed by atoms with Gasteiger partial charge in [0.25, 0.3) is 0 Å². The number of allylic oxidation sites excluding steroid dienone is 1. The Morgan fingerprint density at radius 3 is 2.28 bits per heavy atom. The van der Waals surface area contributed by atoms with Crippen LogP contribution in [0.5, 0.6) is 0 Å². The molecule has 1 aromatic heterocycles. The minimum Gasteiger partial charge on any atom is -0.140 e. The van der Waals surface area contributed by atoms with Crippen LogP contribution in [-0.4, -0.2) is 0 Å². The molecule has 0 amide bonds. The maximum Gasteiger partial charge on any atom is 0.0430 e. The van der Waals surface area contributed by atoms with E-state index in [9.17, 15) is 0 Å². The largest absolute Gasteiger partial charge is 0.140 e. The van der Waals surface area contributed by atoms with Gasteiger partial charge in [-0.25, -0.2) is 0 Å². The number of thiophene rings is 1. The van der Waals surface area contributed by atoms with Gasteiger partial charge in [0.2, 0.25) is 0 Å². The van der Waals surface area contributed by atoms with Gasteiger partial charge in [0.05, 0.1) is 0 Å². The van der Waals surface area contributed by atoms with Crippen molar-refractivity contribution in [3.8, 4) is 22.3 Å². The van der Waals surface area contributed by atoms with Crippen molar-refractivity contribution in [2.75, 3.05) is 0 Å². The number of benzene rings is 3. The molecule has 0 spiro atoms. The standard InChI is InChI=1S/C35H38S/c1-2-3-4-5-6-7-8-10-15-26-22-27-17-20-30-33(32(27)23-26)31-21-18-28-24-29(36-35(28)34(30)31)19-16-25-13-11-9-12-14-25/h9,11-14,17-18,20-22,24H,2-8,10,15-16,19,23H2,1H3. The maximum absolute atomic E-state index is 2.50. The minimum absolute atomic E-state index is 1.12. The summed E-state index contributed by atoms with van der Waals surface area (Å²) in [5.74, 6) is 0. The number of rotatable bonds is 12. The molecule has 0 unspecified atom stereocenters. The third-order valence-corrected chi connectivity index (χ3v) is 9.47. The van der Waals surface area contributed by atoms with Gasteiger partial charge < -0.3 is 0 Å². The Morgan fingerprint density at radius 2 is 1.44 bits per heavy atom. The fourth-order valence-electron chi connectivity index (χ4n) is 6.26. The molecule has 0 fully saturated rings. The van der Waals surface area contributed by atoms with Gasteiger partial charge in [-0.05, 0) is 76.9 Å². The smallest absolute Gasteiger partial charge is 0.0430 e. The van der Waals surface area contributed by atoms with E-state index < -0.39 is 0 Å². The van der Waals surface area contributed by atoms with Crippen molar-refractivity contribution >= 4 is 27.5 Å². The van der Waals surface area contributed by atoms with Crippen LogP contribution in [-0.2, 0) is 19.3 Å². The highest BCUT2D eigenvalue weighted by Gasteiger charge is 2.31. The molecular weight excluding hydrogens is 452 g/mol. The third-order valence-electron chi connectivity index (χ3n) is 8.24. The van der Waals surface area contributed by atoms with Gasteiger partial charge in [0.15, 0.2) is 0 Å². The average molecular weight is 491 g/mol. The quantitative estimate of drug-likeness (QED) is 0.153. The van der Waals surface area contributed by atoms with Crippen molar-refractivity contribution in [3.05, 3.63) is 87.8 Å². The topological polar surface area (TPSA) is 0 Å². The second kappa shape index (κ2) is 10.8. The first-order valence-corrected chi connectivity index (χ1v) is 15.1. The van der Waals surface area contributed by atoms with E-state index in [1.54, 1.807) is 16.7 Å². The Labute approximate surface area is 221 Å². The first-order valence-electron chi connectivity index (χ1n) is 14.3. The van der Waals surface area contributed by atoms with Crippen LogP contribution < -0.4 is 0 Å². The molecule has 0 aliphatic heterocycles. The Hall–Kier alpha value is -2.64. The van der Waals surface area contributed by atoms with E-state index in [0.29, 0.717) is 0 Å². The summed E-state index contributed by atoms with van der Waals surface area (Å²) in [6.45, 7) is 2.30. The maximum atomic E-state index is 2.50. The van der Waals surface area contributed by atoms with E-state index in [4.69, 9.17) is 0 Å². The zero-order chi connectivity index (χ0) is 24.3. The van der Waals surface area contributed by atoms with E-state index in [1.807, 2.05) is 11.3 Å². The second-order valence-corrected chi connectivity index (χ2v) is 12.0. The van der Waals surface area contributed by atoms with Crippen LogP contribution in [0.1, 0.15) is 86.3 Å². The second-order valence-electron chi connectivity index (χ2n) is 10.9. The lowest BCUT2D eigenvalue weighted by molar-refractivity contribution is 0.574. The highest BCUT2D eigenvalue weighted by molar-refractivity contribution is 7.19. The van der Waals surface area contributed by atoms with Crippen LogP contribution in [0.3, 0.4) is 0 Å². The molecule has 0 atom stereocenters. The molecule has 184 valence electrons. The summed E-state index contributed by atoms with van der Waals surface area (Å²) in [4.78, 5) is 1.51. The predicted octanol–water partition coefficient (Wildman–Crippen LogP) is 10.8. The number of fused-ring (bicyclic) bond motifs is 8. The molecule has 2 aliphatic carbocycles. The summed E-state index contributed by atoms with van der Waals surface area (Å²) in [5.41, 5.74) is 12.2. The van der Waals surface area contributed by atoms with Gasteiger partial charge in [-0.3, -0.25) is 0 Å². The van der Waals surface area contributed by atoms with Gasteiger partial charge in [-0.1, -0.05) is 118 Å². The lowest BCUT2D eigenvalue weighted by atomic mass is 9.76. The van der Waals surface area contributed by atoms with Crippen molar-refractivity contribution in [2.45, 2.75) is 84.0 Å². The molecule has 0 radical (unpaired) electrons. The predicted molar refractivity (Wildman–Crippen MR) is 159 cm³/mol. The third kappa shape index (κ3) is 4.71. The van der Waals surface area contributed by atoms with Crippen molar-refractivity contribution in [2.24, 2.45) is 0 Å². The summed E-state index contributed by atoms with van der Waals surface area (Å²) in [6, 6.07) is 22.9. The van der Waals surface area contributed by atoms with Crippen LogP contribution in [0.15, 0.2) is 66.2 Å². The molecular formula is C35H38S. The Balaban J connectivity index is 1.10. The molecule has 1 heterocycles. The Bertz CT molecular complexity index is 1390. The van der Waals surface area contributed by atoms with Gasteiger partial charge in [0, 0.05) is 15.1 Å².